The summed E-state index contributed by atoms with van der Waals surface area (Å²) in [5.74, 6) is 1.25. The lowest BCUT2D eigenvalue weighted by Gasteiger charge is -2.15. The van der Waals surface area contributed by atoms with Crippen molar-refractivity contribution in [1.82, 2.24) is 5.32 Å². The first-order valence-corrected chi connectivity index (χ1v) is 7.40. The van der Waals surface area contributed by atoms with Gasteiger partial charge in [-0.25, -0.2) is 0 Å². The Hall–Kier alpha value is -1.26. The molecule has 1 aromatic rings. The Morgan fingerprint density at radius 3 is 2.86 bits per heavy atom. The Bertz CT molecular complexity index is 446. The first-order valence-electron chi connectivity index (χ1n) is 7.40. The van der Waals surface area contributed by atoms with Crippen LogP contribution in [-0.2, 0) is 4.79 Å². The van der Waals surface area contributed by atoms with Crippen molar-refractivity contribution in [2.45, 2.75) is 39.2 Å². The van der Waals surface area contributed by atoms with Crippen LogP contribution in [0.4, 0.5) is 5.69 Å². The van der Waals surface area contributed by atoms with Crippen LogP contribution in [0.25, 0.3) is 0 Å². The van der Waals surface area contributed by atoms with Crippen LogP contribution in [0.1, 0.15) is 33.1 Å². The topological polar surface area (TPSA) is 50.4 Å². The minimum Gasteiger partial charge on any atom is -0.491 e. The Kier molecular flexibility index (Phi) is 7.54. The van der Waals surface area contributed by atoms with E-state index in [0.717, 1.165) is 30.8 Å². The molecule has 2 N–H and O–H groups in total. The lowest BCUT2D eigenvalue weighted by atomic mass is 10.1. The van der Waals surface area contributed by atoms with Crippen molar-refractivity contribution in [1.29, 1.82) is 0 Å². The van der Waals surface area contributed by atoms with Gasteiger partial charge in [0, 0.05) is 12.5 Å². The van der Waals surface area contributed by atoms with Crippen LogP contribution in [0.5, 0.6) is 5.75 Å². The molecule has 1 amide bonds. The molecule has 1 aromatic carbocycles. The van der Waals surface area contributed by atoms with Crippen LogP contribution >= 0.6 is 12.4 Å². The highest BCUT2D eigenvalue weighted by molar-refractivity contribution is 5.92. The maximum atomic E-state index is 12.1. The van der Waals surface area contributed by atoms with Gasteiger partial charge in [0.1, 0.15) is 5.75 Å². The van der Waals surface area contributed by atoms with Crippen LogP contribution in [0.15, 0.2) is 24.3 Å². The number of benzene rings is 1. The lowest BCUT2D eigenvalue weighted by Crippen LogP contribution is -2.27. The predicted molar refractivity (Wildman–Crippen MR) is 88.3 cm³/mol. The minimum atomic E-state index is 0. The van der Waals surface area contributed by atoms with E-state index in [1.807, 2.05) is 24.3 Å². The zero-order valence-electron chi connectivity index (χ0n) is 12.7. The second-order valence-electron chi connectivity index (χ2n) is 5.75. The van der Waals surface area contributed by atoms with E-state index >= 15 is 0 Å². The molecule has 0 saturated carbocycles. The summed E-state index contributed by atoms with van der Waals surface area (Å²) in [7, 11) is 0. The quantitative estimate of drug-likeness (QED) is 0.848. The van der Waals surface area contributed by atoms with Crippen LogP contribution in [0.3, 0.4) is 0 Å². The maximum Gasteiger partial charge on any atom is 0.226 e. The molecule has 118 valence electrons. The molecule has 1 unspecified atom stereocenters. The zero-order chi connectivity index (χ0) is 14.4. The number of carbonyl (C=O) groups excluding carboxylic acids is 1. The van der Waals surface area contributed by atoms with Crippen molar-refractivity contribution in [3.05, 3.63) is 24.3 Å². The fourth-order valence-electron chi connectivity index (χ4n) is 2.31. The Morgan fingerprint density at radius 1 is 1.43 bits per heavy atom. The van der Waals surface area contributed by atoms with Gasteiger partial charge in [0.15, 0.2) is 0 Å². The Labute approximate surface area is 133 Å². The number of amides is 1. The minimum absolute atomic E-state index is 0. The SMILES string of the molecule is CC(C)COc1ccccc1NC(=O)CC1CCCN1.Cl. The van der Waals surface area contributed by atoms with E-state index in [1.54, 1.807) is 0 Å². The summed E-state index contributed by atoms with van der Waals surface area (Å²) in [5, 5.41) is 6.29. The van der Waals surface area contributed by atoms with Crippen molar-refractivity contribution in [3.8, 4) is 5.75 Å². The largest absolute Gasteiger partial charge is 0.491 e. The Morgan fingerprint density at radius 2 is 2.19 bits per heavy atom. The van der Waals surface area contributed by atoms with Crippen molar-refractivity contribution >= 4 is 24.0 Å². The van der Waals surface area contributed by atoms with Gasteiger partial charge in [-0.05, 0) is 37.4 Å². The molecule has 0 spiro atoms. The number of ether oxygens (including phenoxy) is 1. The molecule has 21 heavy (non-hydrogen) atoms. The molecule has 0 aliphatic carbocycles. The van der Waals surface area contributed by atoms with E-state index < -0.39 is 0 Å². The van der Waals surface area contributed by atoms with Gasteiger partial charge in [-0.1, -0.05) is 26.0 Å². The number of nitrogens with one attached hydrogen (secondary N) is 2. The first-order chi connectivity index (χ1) is 9.65. The third-order valence-corrected chi connectivity index (χ3v) is 3.33. The summed E-state index contributed by atoms with van der Waals surface area (Å²) < 4.78 is 5.74. The molecule has 1 fully saturated rings. The number of halogens is 1. The normalized spacial score (nSPS) is 17.4. The fraction of sp³-hybridized carbons (Fsp3) is 0.562. The average molecular weight is 313 g/mol. The number of para-hydroxylation sites is 2. The predicted octanol–water partition coefficient (Wildman–Crippen LogP) is 3.22. The molecule has 1 saturated heterocycles. The third-order valence-electron chi connectivity index (χ3n) is 3.33. The van der Waals surface area contributed by atoms with E-state index in [9.17, 15) is 4.79 Å². The highest BCUT2D eigenvalue weighted by Gasteiger charge is 2.18. The van der Waals surface area contributed by atoms with E-state index in [2.05, 4.69) is 24.5 Å². The van der Waals surface area contributed by atoms with Crippen LogP contribution in [0, 0.1) is 5.92 Å². The molecule has 4 nitrogen and oxygen atoms in total. The van der Waals surface area contributed by atoms with Gasteiger partial charge in [-0.2, -0.15) is 0 Å². The molecule has 0 aromatic heterocycles. The summed E-state index contributed by atoms with van der Waals surface area (Å²) in [4.78, 5) is 12.1. The van der Waals surface area contributed by atoms with E-state index in [1.165, 1.54) is 0 Å². The third kappa shape index (κ3) is 5.94. The number of carbonyl (C=O) groups is 1. The molecule has 1 aliphatic rings. The molecule has 5 heteroatoms. The van der Waals surface area contributed by atoms with E-state index in [4.69, 9.17) is 4.74 Å². The van der Waals surface area contributed by atoms with Gasteiger partial charge in [0.25, 0.3) is 0 Å². The molecule has 1 heterocycles. The number of anilines is 1. The van der Waals surface area contributed by atoms with Gasteiger partial charge >= 0.3 is 0 Å². The monoisotopic (exact) mass is 312 g/mol. The highest BCUT2D eigenvalue weighted by atomic mass is 35.5. The van der Waals surface area contributed by atoms with Crippen molar-refractivity contribution < 1.29 is 9.53 Å². The van der Waals surface area contributed by atoms with Crippen molar-refractivity contribution in [2.24, 2.45) is 5.92 Å². The molecular weight excluding hydrogens is 288 g/mol. The van der Waals surface area contributed by atoms with Gasteiger partial charge in [0.05, 0.1) is 12.3 Å². The van der Waals surface area contributed by atoms with Gasteiger partial charge in [-0.15, -0.1) is 12.4 Å². The van der Waals surface area contributed by atoms with Crippen LogP contribution in [-0.4, -0.2) is 25.1 Å². The van der Waals surface area contributed by atoms with E-state index in [-0.39, 0.29) is 18.3 Å². The van der Waals surface area contributed by atoms with Gasteiger partial charge < -0.3 is 15.4 Å². The maximum absolute atomic E-state index is 12.1. The number of hydrogen-bond acceptors (Lipinski definition) is 3. The van der Waals surface area contributed by atoms with Gasteiger partial charge in [-0.3, -0.25) is 4.79 Å². The van der Waals surface area contributed by atoms with Crippen LogP contribution in [0.2, 0.25) is 0 Å². The summed E-state index contributed by atoms with van der Waals surface area (Å²) in [6.45, 7) is 5.88. The summed E-state index contributed by atoms with van der Waals surface area (Å²) in [6, 6.07) is 7.93. The Balaban J connectivity index is 0.00000220. The van der Waals surface area contributed by atoms with Crippen molar-refractivity contribution in [2.75, 3.05) is 18.5 Å². The summed E-state index contributed by atoms with van der Waals surface area (Å²) in [6.07, 6.45) is 2.77. The zero-order valence-corrected chi connectivity index (χ0v) is 13.5. The second kappa shape index (κ2) is 8.90. The second-order valence-corrected chi connectivity index (χ2v) is 5.75. The number of hydrogen-bond donors (Lipinski definition) is 2. The molecular formula is C16H25ClN2O2. The van der Waals surface area contributed by atoms with Crippen LogP contribution < -0.4 is 15.4 Å². The highest BCUT2D eigenvalue weighted by Crippen LogP contribution is 2.24. The van der Waals surface area contributed by atoms with E-state index in [0.29, 0.717) is 25.0 Å². The smallest absolute Gasteiger partial charge is 0.226 e. The average Bonchev–Trinajstić information content (AvgIpc) is 2.90. The molecule has 1 aliphatic heterocycles. The molecule has 0 radical (unpaired) electrons. The molecule has 1 atom stereocenters. The number of rotatable bonds is 6. The summed E-state index contributed by atoms with van der Waals surface area (Å²) in [5.41, 5.74) is 0.760. The fourth-order valence-corrected chi connectivity index (χ4v) is 2.31. The molecule has 2 rings (SSSR count). The van der Waals surface area contributed by atoms with Crippen molar-refractivity contribution in [3.63, 3.8) is 0 Å². The first kappa shape index (κ1) is 17.8. The lowest BCUT2D eigenvalue weighted by molar-refractivity contribution is -0.116. The molecule has 0 bridgehead atoms. The standard InChI is InChI=1S/C16H24N2O2.ClH/c1-12(2)11-20-15-8-4-3-7-14(15)18-16(19)10-13-6-5-9-17-13;/h3-4,7-8,12-13,17H,5-6,9-11H2,1-2H3,(H,18,19);1H. The summed E-state index contributed by atoms with van der Waals surface area (Å²) >= 11 is 0. The van der Waals surface area contributed by atoms with Gasteiger partial charge in [0.2, 0.25) is 5.91 Å².